The molecule has 3 rings (SSSR count). The van der Waals surface area contributed by atoms with Gasteiger partial charge in [0.25, 0.3) is 5.89 Å². The zero-order valence-corrected chi connectivity index (χ0v) is 10.8. The topological polar surface area (TPSA) is 64.7 Å². The standard InChI is InChI=1S/C13H9ClN4O/c1-8-6-15-7-9(14)11(8)13-17-12(18-19-13)10-4-2-3-5-16-10/h2-7H,1H3. The molecule has 0 saturated carbocycles. The largest absolute Gasteiger partial charge is 0.333 e. The molecule has 0 radical (unpaired) electrons. The van der Waals surface area contributed by atoms with E-state index < -0.39 is 0 Å². The maximum atomic E-state index is 6.11. The van der Waals surface area contributed by atoms with Crippen LogP contribution in [0.4, 0.5) is 0 Å². The van der Waals surface area contributed by atoms with Crippen molar-refractivity contribution in [1.29, 1.82) is 0 Å². The molecule has 3 aromatic rings. The first-order valence-electron chi connectivity index (χ1n) is 5.61. The zero-order chi connectivity index (χ0) is 13.2. The molecule has 19 heavy (non-hydrogen) atoms. The Balaban J connectivity index is 2.07. The Hall–Kier alpha value is -2.27. The Bertz CT molecular complexity index is 691. The molecule has 0 unspecified atom stereocenters. The van der Waals surface area contributed by atoms with E-state index in [2.05, 4.69) is 20.1 Å². The number of halogens is 1. The van der Waals surface area contributed by atoms with Gasteiger partial charge in [-0.15, -0.1) is 0 Å². The maximum absolute atomic E-state index is 6.11. The molecule has 0 spiro atoms. The lowest BCUT2D eigenvalue weighted by atomic mass is 10.1. The second-order valence-electron chi connectivity index (χ2n) is 3.95. The summed E-state index contributed by atoms with van der Waals surface area (Å²) in [5.74, 6) is 0.799. The van der Waals surface area contributed by atoms with E-state index in [-0.39, 0.29) is 0 Å². The molecule has 3 heterocycles. The summed E-state index contributed by atoms with van der Waals surface area (Å²) in [6, 6.07) is 5.51. The van der Waals surface area contributed by atoms with E-state index in [4.69, 9.17) is 16.1 Å². The van der Waals surface area contributed by atoms with Gasteiger partial charge in [-0.3, -0.25) is 9.97 Å². The minimum Gasteiger partial charge on any atom is -0.333 e. The first kappa shape index (κ1) is 11.8. The van der Waals surface area contributed by atoms with Crippen molar-refractivity contribution in [1.82, 2.24) is 20.1 Å². The molecule has 0 N–H and O–H groups in total. The molecule has 5 nitrogen and oxygen atoms in total. The number of hydrogen-bond acceptors (Lipinski definition) is 5. The third kappa shape index (κ3) is 2.20. The molecular weight excluding hydrogens is 264 g/mol. The van der Waals surface area contributed by atoms with Crippen LogP contribution in [0.1, 0.15) is 5.56 Å². The Morgan fingerprint density at radius 3 is 2.84 bits per heavy atom. The van der Waals surface area contributed by atoms with Crippen LogP contribution in [-0.4, -0.2) is 20.1 Å². The third-order valence-electron chi connectivity index (χ3n) is 2.62. The molecule has 0 aromatic carbocycles. The zero-order valence-electron chi connectivity index (χ0n) is 10.0. The summed E-state index contributed by atoms with van der Waals surface area (Å²) in [4.78, 5) is 12.5. The number of aromatic nitrogens is 4. The summed E-state index contributed by atoms with van der Waals surface area (Å²) in [5.41, 5.74) is 2.23. The van der Waals surface area contributed by atoms with Gasteiger partial charge in [-0.05, 0) is 24.6 Å². The summed E-state index contributed by atoms with van der Waals surface area (Å²) in [7, 11) is 0. The minimum absolute atomic E-state index is 0.366. The van der Waals surface area contributed by atoms with E-state index in [0.717, 1.165) is 5.56 Å². The van der Waals surface area contributed by atoms with E-state index in [9.17, 15) is 0 Å². The third-order valence-corrected chi connectivity index (χ3v) is 2.91. The molecular formula is C13H9ClN4O. The summed E-state index contributed by atoms with van der Waals surface area (Å²) >= 11 is 6.11. The smallest absolute Gasteiger partial charge is 0.260 e. The van der Waals surface area contributed by atoms with E-state index in [1.807, 2.05) is 25.1 Å². The van der Waals surface area contributed by atoms with Gasteiger partial charge < -0.3 is 4.52 Å². The van der Waals surface area contributed by atoms with Crippen molar-refractivity contribution in [3.8, 4) is 23.0 Å². The molecule has 0 amide bonds. The number of aryl methyl sites for hydroxylation is 1. The average molecular weight is 273 g/mol. The molecule has 0 bridgehead atoms. The van der Waals surface area contributed by atoms with Gasteiger partial charge in [0, 0.05) is 18.6 Å². The fourth-order valence-electron chi connectivity index (χ4n) is 1.73. The van der Waals surface area contributed by atoms with Gasteiger partial charge in [0.15, 0.2) is 0 Å². The maximum Gasteiger partial charge on any atom is 0.260 e. The van der Waals surface area contributed by atoms with Crippen LogP contribution in [0.5, 0.6) is 0 Å². The van der Waals surface area contributed by atoms with Gasteiger partial charge in [0.05, 0.1) is 10.6 Å². The van der Waals surface area contributed by atoms with Gasteiger partial charge in [-0.2, -0.15) is 4.98 Å². The van der Waals surface area contributed by atoms with Gasteiger partial charge in [0.1, 0.15) is 5.69 Å². The predicted octanol–water partition coefficient (Wildman–Crippen LogP) is 3.16. The fraction of sp³-hybridized carbons (Fsp3) is 0.0769. The summed E-state index contributed by atoms with van der Waals surface area (Å²) in [6.07, 6.45) is 4.93. The van der Waals surface area contributed by atoms with Crippen molar-refractivity contribution in [3.05, 3.63) is 47.4 Å². The summed E-state index contributed by atoms with van der Waals surface area (Å²) in [5, 5.41) is 4.40. The van der Waals surface area contributed by atoms with Crippen LogP contribution in [0.2, 0.25) is 5.02 Å². The SMILES string of the molecule is Cc1cncc(Cl)c1-c1nc(-c2ccccn2)no1. The first-order valence-corrected chi connectivity index (χ1v) is 5.99. The summed E-state index contributed by atoms with van der Waals surface area (Å²) in [6.45, 7) is 1.89. The van der Waals surface area contributed by atoms with Crippen LogP contribution in [0.3, 0.4) is 0 Å². The normalized spacial score (nSPS) is 10.6. The van der Waals surface area contributed by atoms with Crippen LogP contribution < -0.4 is 0 Å². The van der Waals surface area contributed by atoms with Crippen LogP contribution in [0.25, 0.3) is 23.0 Å². The van der Waals surface area contributed by atoms with Crippen LogP contribution >= 0.6 is 11.6 Å². The van der Waals surface area contributed by atoms with E-state index in [0.29, 0.717) is 28.0 Å². The molecule has 3 aromatic heterocycles. The van der Waals surface area contributed by atoms with Crippen molar-refractivity contribution in [3.63, 3.8) is 0 Å². The Kier molecular flexibility index (Phi) is 2.97. The van der Waals surface area contributed by atoms with Crippen LogP contribution in [0, 0.1) is 6.92 Å². The van der Waals surface area contributed by atoms with Crippen LogP contribution in [-0.2, 0) is 0 Å². The molecule has 0 saturated heterocycles. The molecule has 0 atom stereocenters. The lowest BCUT2D eigenvalue weighted by molar-refractivity contribution is 0.432. The number of rotatable bonds is 2. The highest BCUT2D eigenvalue weighted by Gasteiger charge is 2.16. The van der Waals surface area contributed by atoms with E-state index in [1.165, 1.54) is 0 Å². The Morgan fingerprint density at radius 2 is 2.11 bits per heavy atom. The first-order chi connectivity index (χ1) is 9.25. The molecule has 0 fully saturated rings. The fourth-order valence-corrected chi connectivity index (χ4v) is 2.01. The Labute approximate surface area is 114 Å². The van der Waals surface area contributed by atoms with Crippen LogP contribution in [0.15, 0.2) is 41.3 Å². The molecule has 94 valence electrons. The number of pyridine rings is 2. The lowest BCUT2D eigenvalue weighted by Crippen LogP contribution is -1.88. The molecule has 0 aliphatic heterocycles. The van der Waals surface area contributed by atoms with Crippen molar-refractivity contribution in [2.45, 2.75) is 6.92 Å². The number of hydrogen-bond donors (Lipinski definition) is 0. The molecule has 0 aliphatic rings. The highest BCUT2D eigenvalue weighted by molar-refractivity contribution is 6.33. The summed E-state index contributed by atoms with van der Waals surface area (Å²) < 4.78 is 5.25. The quantitative estimate of drug-likeness (QED) is 0.717. The highest BCUT2D eigenvalue weighted by Crippen LogP contribution is 2.29. The predicted molar refractivity (Wildman–Crippen MR) is 70.5 cm³/mol. The van der Waals surface area contributed by atoms with Gasteiger partial charge in [-0.1, -0.05) is 22.8 Å². The van der Waals surface area contributed by atoms with Gasteiger partial charge >= 0.3 is 0 Å². The molecule has 6 heteroatoms. The van der Waals surface area contributed by atoms with Crippen molar-refractivity contribution in [2.24, 2.45) is 0 Å². The van der Waals surface area contributed by atoms with Crippen molar-refractivity contribution < 1.29 is 4.52 Å². The second-order valence-corrected chi connectivity index (χ2v) is 4.36. The lowest BCUT2D eigenvalue weighted by Gasteiger charge is -2.01. The second kappa shape index (κ2) is 4.78. The molecule has 0 aliphatic carbocycles. The van der Waals surface area contributed by atoms with Gasteiger partial charge in [-0.25, -0.2) is 0 Å². The van der Waals surface area contributed by atoms with Crippen molar-refractivity contribution in [2.75, 3.05) is 0 Å². The minimum atomic E-state index is 0.366. The van der Waals surface area contributed by atoms with E-state index >= 15 is 0 Å². The number of nitrogens with zero attached hydrogens (tertiary/aromatic N) is 4. The highest BCUT2D eigenvalue weighted by atomic mass is 35.5. The van der Waals surface area contributed by atoms with Gasteiger partial charge in [0.2, 0.25) is 5.82 Å². The Morgan fingerprint density at radius 1 is 1.21 bits per heavy atom. The van der Waals surface area contributed by atoms with Crippen molar-refractivity contribution >= 4 is 11.6 Å². The average Bonchev–Trinajstić information content (AvgIpc) is 2.89. The monoisotopic (exact) mass is 272 g/mol. The van der Waals surface area contributed by atoms with E-state index in [1.54, 1.807) is 18.6 Å².